The van der Waals surface area contributed by atoms with E-state index in [2.05, 4.69) is 9.97 Å². The van der Waals surface area contributed by atoms with Gasteiger partial charge in [-0.2, -0.15) is 0 Å². The molecular formula is C23H20FN3O2S. The van der Waals surface area contributed by atoms with Crippen LogP contribution in [0, 0.1) is 5.82 Å². The number of anilines is 1. The second kappa shape index (κ2) is 9.00. The average Bonchev–Trinajstić information content (AvgIpc) is 3.26. The van der Waals surface area contributed by atoms with Crippen LogP contribution in [-0.2, 0) is 17.8 Å². The predicted octanol–water partition coefficient (Wildman–Crippen LogP) is 4.68. The monoisotopic (exact) mass is 421 g/mol. The van der Waals surface area contributed by atoms with E-state index in [0.717, 1.165) is 4.88 Å². The summed E-state index contributed by atoms with van der Waals surface area (Å²) in [6, 6.07) is 17.0. The molecule has 4 aromatic rings. The normalized spacial score (nSPS) is 11.0. The molecule has 0 aliphatic carbocycles. The zero-order chi connectivity index (χ0) is 20.9. The lowest BCUT2D eigenvalue weighted by molar-refractivity contribution is -0.118. The fraction of sp³-hybridized carbons (Fsp3) is 0.174. The van der Waals surface area contributed by atoms with E-state index < -0.39 is 0 Å². The molecule has 1 N–H and O–H groups in total. The number of carbonyl (C=O) groups is 1. The first-order valence-electron chi connectivity index (χ1n) is 9.66. The van der Waals surface area contributed by atoms with Crippen molar-refractivity contribution in [3.63, 3.8) is 0 Å². The molecule has 0 saturated carbocycles. The van der Waals surface area contributed by atoms with Crippen molar-refractivity contribution in [3.8, 4) is 0 Å². The van der Waals surface area contributed by atoms with Crippen LogP contribution in [0.2, 0.25) is 0 Å². The Hall–Kier alpha value is -3.32. The molecule has 0 spiro atoms. The molecule has 0 saturated heterocycles. The molecule has 2 aromatic heterocycles. The Labute approximate surface area is 176 Å². The van der Waals surface area contributed by atoms with Crippen LogP contribution in [-0.4, -0.2) is 15.9 Å². The number of rotatable bonds is 7. The lowest BCUT2D eigenvalue weighted by atomic mass is 10.1. The number of benzene rings is 2. The molecule has 7 heteroatoms. The van der Waals surface area contributed by atoms with Gasteiger partial charge in [0.15, 0.2) is 0 Å². The maximum absolute atomic E-state index is 13.3. The van der Waals surface area contributed by atoms with E-state index >= 15 is 0 Å². The van der Waals surface area contributed by atoms with Crippen LogP contribution in [0.1, 0.15) is 23.5 Å². The zero-order valence-electron chi connectivity index (χ0n) is 16.2. The van der Waals surface area contributed by atoms with Crippen molar-refractivity contribution in [1.82, 2.24) is 9.97 Å². The molecule has 0 fully saturated rings. The maximum atomic E-state index is 13.3. The summed E-state index contributed by atoms with van der Waals surface area (Å²) in [5.41, 5.74) is 1.13. The van der Waals surface area contributed by atoms with Crippen molar-refractivity contribution in [2.45, 2.75) is 25.8 Å². The van der Waals surface area contributed by atoms with Crippen LogP contribution >= 0.6 is 11.3 Å². The van der Waals surface area contributed by atoms with Crippen LogP contribution in [0.15, 0.2) is 70.8 Å². The van der Waals surface area contributed by atoms with Gasteiger partial charge in [0.05, 0.1) is 17.4 Å². The minimum absolute atomic E-state index is 0.0573. The molecule has 0 atom stereocenters. The number of aromatic amines is 1. The number of halogens is 1. The number of fused-ring (bicyclic) bond motifs is 1. The average molecular weight is 421 g/mol. The van der Waals surface area contributed by atoms with E-state index in [1.54, 1.807) is 46.6 Å². The number of amides is 1. The van der Waals surface area contributed by atoms with E-state index in [1.807, 2.05) is 23.6 Å². The summed E-state index contributed by atoms with van der Waals surface area (Å²) in [5, 5.41) is 2.51. The Morgan fingerprint density at radius 3 is 2.63 bits per heavy atom. The Morgan fingerprint density at radius 1 is 1.07 bits per heavy atom. The topological polar surface area (TPSA) is 66.1 Å². The molecule has 30 heavy (non-hydrogen) atoms. The summed E-state index contributed by atoms with van der Waals surface area (Å²) in [5.74, 6) is 0.171. The molecule has 152 valence electrons. The number of carbonyl (C=O) groups excluding carboxylic acids is 1. The third kappa shape index (κ3) is 4.63. The van der Waals surface area contributed by atoms with Crippen LogP contribution in [0.25, 0.3) is 10.9 Å². The summed E-state index contributed by atoms with van der Waals surface area (Å²) < 4.78 is 13.3. The van der Waals surface area contributed by atoms with E-state index in [-0.39, 0.29) is 17.3 Å². The van der Waals surface area contributed by atoms with E-state index in [4.69, 9.17) is 0 Å². The van der Waals surface area contributed by atoms with Crippen molar-refractivity contribution in [2.24, 2.45) is 0 Å². The van der Waals surface area contributed by atoms with Gasteiger partial charge in [0.25, 0.3) is 5.56 Å². The number of para-hydroxylation sites is 1. The van der Waals surface area contributed by atoms with Crippen molar-refractivity contribution >= 4 is 33.8 Å². The number of hydrogen-bond acceptors (Lipinski definition) is 4. The maximum Gasteiger partial charge on any atom is 0.258 e. The molecule has 0 aliphatic heterocycles. The lowest BCUT2D eigenvalue weighted by Crippen LogP contribution is -2.30. The fourth-order valence-electron chi connectivity index (χ4n) is 3.30. The second-order valence-corrected chi connectivity index (χ2v) is 7.95. The van der Waals surface area contributed by atoms with Gasteiger partial charge in [0.2, 0.25) is 5.91 Å². The van der Waals surface area contributed by atoms with Crippen molar-refractivity contribution in [2.75, 3.05) is 4.90 Å². The zero-order valence-corrected chi connectivity index (χ0v) is 17.0. The van der Waals surface area contributed by atoms with Crippen molar-refractivity contribution in [3.05, 3.63) is 92.9 Å². The number of aryl methyl sites for hydroxylation is 1. The number of H-pyrrole nitrogens is 1. The Morgan fingerprint density at radius 2 is 1.87 bits per heavy atom. The van der Waals surface area contributed by atoms with E-state index in [1.165, 1.54) is 12.1 Å². The third-order valence-electron chi connectivity index (χ3n) is 4.80. The molecule has 0 unspecified atom stereocenters. The van der Waals surface area contributed by atoms with Gasteiger partial charge >= 0.3 is 0 Å². The second-order valence-electron chi connectivity index (χ2n) is 6.92. The summed E-state index contributed by atoms with van der Waals surface area (Å²) in [6.45, 7) is 0.438. The quantitative estimate of drug-likeness (QED) is 0.471. The van der Waals surface area contributed by atoms with Gasteiger partial charge in [-0.3, -0.25) is 9.59 Å². The smallest absolute Gasteiger partial charge is 0.258 e. The highest BCUT2D eigenvalue weighted by atomic mass is 32.1. The summed E-state index contributed by atoms with van der Waals surface area (Å²) >= 11 is 1.57. The summed E-state index contributed by atoms with van der Waals surface area (Å²) in [6.07, 6.45) is 1.32. The lowest BCUT2D eigenvalue weighted by Gasteiger charge is -2.22. The predicted molar refractivity (Wildman–Crippen MR) is 117 cm³/mol. The van der Waals surface area contributed by atoms with Gasteiger partial charge in [-0.05, 0) is 54.3 Å². The number of nitrogens with zero attached hydrogens (tertiary/aromatic N) is 2. The van der Waals surface area contributed by atoms with Gasteiger partial charge in [0, 0.05) is 23.4 Å². The van der Waals surface area contributed by atoms with Crippen LogP contribution in [0.4, 0.5) is 10.1 Å². The minimum Gasteiger partial charge on any atom is -0.310 e. The molecule has 2 aromatic carbocycles. The summed E-state index contributed by atoms with van der Waals surface area (Å²) in [7, 11) is 0. The number of nitrogens with one attached hydrogen (secondary N) is 1. The molecule has 0 radical (unpaired) electrons. The first kappa shape index (κ1) is 20.0. The largest absolute Gasteiger partial charge is 0.310 e. The molecule has 1 amide bonds. The highest BCUT2D eigenvalue weighted by Gasteiger charge is 2.17. The number of thiophene rings is 1. The van der Waals surface area contributed by atoms with Crippen molar-refractivity contribution < 1.29 is 9.18 Å². The summed E-state index contributed by atoms with van der Waals surface area (Å²) in [4.78, 5) is 35.2. The first-order valence-corrected chi connectivity index (χ1v) is 10.5. The van der Waals surface area contributed by atoms with Crippen LogP contribution < -0.4 is 10.5 Å². The molecular weight excluding hydrogens is 401 g/mol. The van der Waals surface area contributed by atoms with Gasteiger partial charge in [-0.15, -0.1) is 11.3 Å². The van der Waals surface area contributed by atoms with Crippen LogP contribution in [0.3, 0.4) is 0 Å². The minimum atomic E-state index is -0.339. The van der Waals surface area contributed by atoms with Gasteiger partial charge in [0.1, 0.15) is 11.6 Å². The first-order chi connectivity index (χ1) is 14.6. The van der Waals surface area contributed by atoms with E-state index in [0.29, 0.717) is 48.2 Å². The van der Waals surface area contributed by atoms with Crippen LogP contribution in [0.5, 0.6) is 0 Å². The standard InChI is InChI=1S/C23H20FN3O2S/c24-16-10-12-17(13-11-16)27(15-18-5-4-14-30-18)22(28)9-3-8-21-25-20-7-2-1-6-19(20)23(29)26-21/h1-2,4-7,10-14H,3,8-9,15H2,(H,25,26,29). The highest BCUT2D eigenvalue weighted by Crippen LogP contribution is 2.22. The molecule has 2 heterocycles. The third-order valence-corrected chi connectivity index (χ3v) is 5.66. The molecule has 0 aliphatic rings. The number of hydrogen-bond donors (Lipinski definition) is 1. The molecule has 0 bridgehead atoms. The Bertz CT molecular complexity index is 1200. The Kier molecular flexibility index (Phi) is 5.99. The van der Waals surface area contributed by atoms with Gasteiger partial charge < -0.3 is 9.88 Å². The SMILES string of the molecule is O=C(CCCc1nc2ccccc2c(=O)[nH]1)N(Cc1cccs1)c1ccc(F)cc1. The molecule has 5 nitrogen and oxygen atoms in total. The Balaban J connectivity index is 1.46. The fourth-order valence-corrected chi connectivity index (χ4v) is 3.99. The van der Waals surface area contributed by atoms with Gasteiger partial charge in [-0.25, -0.2) is 9.37 Å². The van der Waals surface area contributed by atoms with Gasteiger partial charge in [-0.1, -0.05) is 18.2 Å². The highest BCUT2D eigenvalue weighted by molar-refractivity contribution is 7.09. The number of aromatic nitrogens is 2. The van der Waals surface area contributed by atoms with Crippen molar-refractivity contribution in [1.29, 1.82) is 0 Å². The van der Waals surface area contributed by atoms with E-state index in [9.17, 15) is 14.0 Å². The molecule has 4 rings (SSSR count).